The van der Waals surface area contributed by atoms with Gasteiger partial charge < -0.3 is 23.7 Å². The minimum absolute atomic E-state index is 0.313. The third-order valence-electron chi connectivity index (χ3n) is 9.05. The molecule has 5 nitrogen and oxygen atoms in total. The van der Waals surface area contributed by atoms with E-state index in [9.17, 15) is 0 Å². The van der Waals surface area contributed by atoms with Gasteiger partial charge in [0.15, 0.2) is 0 Å². The van der Waals surface area contributed by atoms with Gasteiger partial charge in [0.05, 0.1) is 33.0 Å². The van der Waals surface area contributed by atoms with Gasteiger partial charge in [-0.15, -0.1) is 0 Å². The van der Waals surface area contributed by atoms with Crippen LogP contribution in [0.2, 0.25) is 0 Å². The second-order valence-corrected chi connectivity index (χ2v) is 13.5. The Bertz CT molecular complexity index is 1910. The average molecular weight is 730 g/mol. The molecule has 1 aliphatic heterocycles. The van der Waals surface area contributed by atoms with Crippen molar-refractivity contribution in [3.63, 3.8) is 0 Å². The summed E-state index contributed by atoms with van der Waals surface area (Å²) in [4.78, 5) is 0. The first-order valence-corrected chi connectivity index (χ1v) is 17.9. The number of hydrogen-bond donors (Lipinski definition) is 0. The third kappa shape index (κ3) is 8.77. The summed E-state index contributed by atoms with van der Waals surface area (Å²) in [6.07, 6.45) is -2.44. The zero-order chi connectivity index (χ0) is 34.0. The predicted octanol–water partition coefficient (Wildman–Crippen LogP) is 10.0. The van der Waals surface area contributed by atoms with Crippen LogP contribution >= 0.6 is 15.9 Å². The van der Waals surface area contributed by atoms with Gasteiger partial charge in [0.1, 0.15) is 30.5 Å². The van der Waals surface area contributed by atoms with Gasteiger partial charge in [-0.2, -0.15) is 0 Å². The fourth-order valence-corrected chi connectivity index (χ4v) is 7.07. The quantitative estimate of drug-likeness (QED) is 0.112. The molecule has 0 aromatic heterocycles. The minimum atomic E-state index is -0.511. The molecule has 0 aliphatic carbocycles. The van der Waals surface area contributed by atoms with Crippen molar-refractivity contribution < 1.29 is 23.7 Å². The monoisotopic (exact) mass is 728 g/mol. The normalized spacial score (nSPS) is 20.5. The van der Waals surface area contributed by atoms with E-state index >= 15 is 0 Å². The molecule has 1 fully saturated rings. The van der Waals surface area contributed by atoms with Gasteiger partial charge in [-0.05, 0) is 50.7 Å². The van der Waals surface area contributed by atoms with Gasteiger partial charge in [0, 0.05) is 4.47 Å². The summed E-state index contributed by atoms with van der Waals surface area (Å²) in [7, 11) is 0. The Labute approximate surface area is 302 Å². The summed E-state index contributed by atoms with van der Waals surface area (Å²) in [5.74, 6) is 0. The maximum Gasteiger partial charge on any atom is 0.117 e. The van der Waals surface area contributed by atoms with Crippen molar-refractivity contribution in [2.75, 3.05) is 6.61 Å². The standard InChI is InChI=1S/C44H41BrO5/c45-37-25-36-23-13-14-24-38(36)39(26-37)41-43(48-29-34-19-9-3-10-20-34)44(49-30-35-21-11-4-12-22-35)42(47-28-33-17-7-2-8-18-33)40(50-41)31-46-27-32-15-5-1-6-16-32/h1-26,40-44H,27-31H2/t40-,41+,42-,43+,44+/m1/s1. The van der Waals surface area contributed by atoms with Crippen LogP contribution in [0.1, 0.15) is 33.9 Å². The molecule has 1 saturated heterocycles. The topological polar surface area (TPSA) is 46.2 Å². The minimum Gasteiger partial charge on any atom is -0.374 e. The Kier molecular flexibility index (Phi) is 11.8. The van der Waals surface area contributed by atoms with Crippen molar-refractivity contribution >= 4 is 26.7 Å². The molecule has 254 valence electrons. The van der Waals surface area contributed by atoms with E-state index in [2.05, 4.69) is 101 Å². The number of ether oxygens (including phenoxy) is 5. The Morgan fingerprint density at radius 2 is 0.940 bits per heavy atom. The number of fused-ring (bicyclic) bond motifs is 1. The molecule has 6 aromatic rings. The second-order valence-electron chi connectivity index (χ2n) is 12.6. The van der Waals surface area contributed by atoms with Crippen molar-refractivity contribution in [2.24, 2.45) is 0 Å². The molecule has 6 aromatic carbocycles. The van der Waals surface area contributed by atoms with Crippen LogP contribution in [0.3, 0.4) is 0 Å². The fraction of sp³-hybridized carbons (Fsp3) is 0.227. The van der Waals surface area contributed by atoms with Crippen LogP contribution < -0.4 is 0 Å². The molecule has 5 atom stereocenters. The second kappa shape index (κ2) is 17.2. The summed E-state index contributed by atoms with van der Waals surface area (Å²) in [5.41, 5.74) is 5.34. The Morgan fingerprint density at radius 1 is 0.480 bits per heavy atom. The molecule has 0 unspecified atom stereocenters. The van der Waals surface area contributed by atoms with Gasteiger partial charge in [0.25, 0.3) is 0 Å². The van der Waals surface area contributed by atoms with Gasteiger partial charge in [-0.25, -0.2) is 0 Å². The summed E-state index contributed by atoms with van der Waals surface area (Å²) in [6, 6.07) is 53.6. The van der Waals surface area contributed by atoms with Crippen molar-refractivity contribution in [1.29, 1.82) is 0 Å². The first kappa shape index (κ1) is 34.3. The molecule has 7 rings (SSSR count). The average Bonchev–Trinajstić information content (AvgIpc) is 3.17. The maximum atomic E-state index is 7.18. The van der Waals surface area contributed by atoms with E-state index in [4.69, 9.17) is 23.7 Å². The van der Waals surface area contributed by atoms with Crippen molar-refractivity contribution in [2.45, 2.75) is 56.9 Å². The van der Waals surface area contributed by atoms with Crippen LogP contribution in [0.25, 0.3) is 10.8 Å². The van der Waals surface area contributed by atoms with E-state index in [-0.39, 0.29) is 0 Å². The SMILES string of the molecule is Brc1cc([C@@H]2O[C@H](COCc3ccccc3)[C@@H](OCc3ccccc3)[C@H](OCc3ccccc3)[C@H]2OCc2ccccc2)c2ccccc2c1. The highest BCUT2D eigenvalue weighted by molar-refractivity contribution is 9.10. The van der Waals surface area contributed by atoms with Crippen LogP contribution in [0, 0.1) is 0 Å². The van der Waals surface area contributed by atoms with E-state index in [1.54, 1.807) is 0 Å². The zero-order valence-corrected chi connectivity index (χ0v) is 29.4. The lowest BCUT2D eigenvalue weighted by atomic mass is 9.88. The molecular formula is C44H41BrO5. The first-order chi connectivity index (χ1) is 24.7. The predicted molar refractivity (Wildman–Crippen MR) is 200 cm³/mol. The molecule has 1 heterocycles. The van der Waals surface area contributed by atoms with Crippen molar-refractivity contribution in [3.8, 4) is 0 Å². The highest BCUT2D eigenvalue weighted by Crippen LogP contribution is 2.42. The van der Waals surface area contributed by atoms with E-state index in [1.807, 2.05) is 72.8 Å². The molecule has 0 amide bonds. The van der Waals surface area contributed by atoms with Crippen LogP contribution in [0.15, 0.2) is 162 Å². The number of rotatable bonds is 14. The van der Waals surface area contributed by atoms with Crippen molar-refractivity contribution in [1.82, 2.24) is 0 Å². The van der Waals surface area contributed by atoms with E-state index < -0.39 is 30.5 Å². The summed E-state index contributed by atoms with van der Waals surface area (Å²) >= 11 is 3.79. The van der Waals surface area contributed by atoms with Crippen LogP contribution in [-0.2, 0) is 50.1 Å². The van der Waals surface area contributed by atoms with Crippen molar-refractivity contribution in [3.05, 3.63) is 190 Å². The molecule has 0 bridgehead atoms. The number of benzene rings is 6. The van der Waals surface area contributed by atoms with Gasteiger partial charge in [-0.3, -0.25) is 0 Å². The Hall–Kier alpha value is -4.14. The lowest BCUT2D eigenvalue weighted by Crippen LogP contribution is -2.58. The fourth-order valence-electron chi connectivity index (χ4n) is 6.58. The highest BCUT2D eigenvalue weighted by atomic mass is 79.9. The van der Waals surface area contributed by atoms with Crippen LogP contribution in [0.5, 0.6) is 0 Å². The van der Waals surface area contributed by atoms with Gasteiger partial charge in [0.2, 0.25) is 0 Å². The van der Waals surface area contributed by atoms with E-state index in [0.29, 0.717) is 33.0 Å². The lowest BCUT2D eigenvalue weighted by molar-refractivity contribution is -0.274. The summed E-state index contributed by atoms with van der Waals surface area (Å²) in [6.45, 7) is 1.95. The number of hydrogen-bond acceptors (Lipinski definition) is 5. The molecule has 0 spiro atoms. The maximum absolute atomic E-state index is 7.18. The summed E-state index contributed by atoms with van der Waals surface area (Å²) in [5, 5.41) is 2.21. The molecule has 0 radical (unpaired) electrons. The Balaban J connectivity index is 1.29. The molecule has 6 heteroatoms. The molecule has 1 aliphatic rings. The highest BCUT2D eigenvalue weighted by Gasteiger charge is 2.49. The largest absolute Gasteiger partial charge is 0.374 e. The molecule has 0 saturated carbocycles. The van der Waals surface area contributed by atoms with Crippen LogP contribution in [0.4, 0.5) is 0 Å². The smallest absolute Gasteiger partial charge is 0.117 e. The molecule has 50 heavy (non-hydrogen) atoms. The summed E-state index contributed by atoms with van der Waals surface area (Å²) < 4.78 is 35.3. The first-order valence-electron chi connectivity index (χ1n) is 17.1. The van der Waals surface area contributed by atoms with E-state index in [1.165, 1.54) is 0 Å². The zero-order valence-electron chi connectivity index (χ0n) is 27.9. The third-order valence-corrected chi connectivity index (χ3v) is 9.51. The number of halogens is 1. The Morgan fingerprint density at radius 3 is 1.50 bits per heavy atom. The van der Waals surface area contributed by atoms with Crippen LogP contribution in [-0.4, -0.2) is 31.0 Å². The van der Waals surface area contributed by atoms with Gasteiger partial charge >= 0.3 is 0 Å². The molecule has 0 N–H and O–H groups in total. The van der Waals surface area contributed by atoms with Gasteiger partial charge in [-0.1, -0.05) is 162 Å². The van der Waals surface area contributed by atoms with E-state index in [0.717, 1.165) is 43.1 Å². The lowest BCUT2D eigenvalue weighted by Gasteiger charge is -2.46. The molecular weight excluding hydrogens is 688 g/mol.